The number of nitrogens with one attached hydrogen (secondary N) is 2. The van der Waals surface area contributed by atoms with Gasteiger partial charge in [-0.25, -0.2) is 0 Å². The number of aliphatic hydroxyl groups is 1. The van der Waals surface area contributed by atoms with Gasteiger partial charge >= 0.3 is 0 Å². The highest BCUT2D eigenvalue weighted by atomic mass is 35.5. The average molecular weight is 329 g/mol. The van der Waals surface area contributed by atoms with E-state index in [2.05, 4.69) is 31.4 Å². The fraction of sp³-hybridized carbons (Fsp3) is 0.588. The van der Waals surface area contributed by atoms with Gasteiger partial charge in [0.05, 0.1) is 6.10 Å². The molecule has 1 rings (SSSR count). The molecule has 0 saturated heterocycles. The molecule has 0 aromatic heterocycles. The molecule has 0 radical (unpaired) electrons. The van der Waals surface area contributed by atoms with E-state index >= 15 is 0 Å². The normalized spacial score (nSPS) is 13.9. The summed E-state index contributed by atoms with van der Waals surface area (Å²) >= 11 is 0. The van der Waals surface area contributed by atoms with E-state index in [-0.39, 0.29) is 36.2 Å². The maximum Gasteiger partial charge on any atom is 0.224 e. The van der Waals surface area contributed by atoms with Crippen molar-refractivity contribution in [3.8, 4) is 0 Å². The molecule has 126 valence electrons. The van der Waals surface area contributed by atoms with Crippen LogP contribution in [0.4, 0.5) is 0 Å². The number of carbonyl (C=O) groups excluding carboxylic acids is 1. The summed E-state index contributed by atoms with van der Waals surface area (Å²) in [7, 11) is 1.81. The van der Waals surface area contributed by atoms with Gasteiger partial charge in [-0.1, -0.05) is 52.0 Å². The fourth-order valence-electron chi connectivity index (χ4n) is 2.09. The van der Waals surface area contributed by atoms with Gasteiger partial charge in [-0.2, -0.15) is 0 Å². The van der Waals surface area contributed by atoms with Crippen LogP contribution in [-0.2, 0) is 10.2 Å². The molecule has 1 aromatic carbocycles. The number of amides is 1. The molecule has 22 heavy (non-hydrogen) atoms. The first-order chi connectivity index (χ1) is 9.75. The summed E-state index contributed by atoms with van der Waals surface area (Å²) in [5.41, 5.74) is 2.15. The van der Waals surface area contributed by atoms with Crippen LogP contribution in [0.1, 0.15) is 44.9 Å². The smallest absolute Gasteiger partial charge is 0.224 e. The van der Waals surface area contributed by atoms with E-state index in [1.807, 2.05) is 38.2 Å². The summed E-state index contributed by atoms with van der Waals surface area (Å²) < 4.78 is 0. The molecule has 0 saturated carbocycles. The van der Waals surface area contributed by atoms with Crippen LogP contribution in [0.2, 0.25) is 0 Å². The first kappa shape index (κ1) is 20.9. The Bertz CT molecular complexity index is 455. The molecular weight excluding hydrogens is 300 g/mol. The molecule has 0 fully saturated rings. The summed E-state index contributed by atoms with van der Waals surface area (Å²) in [6.07, 6.45) is -0.676. The van der Waals surface area contributed by atoms with Crippen LogP contribution in [0.25, 0.3) is 0 Å². The van der Waals surface area contributed by atoms with Gasteiger partial charge in [0.2, 0.25) is 5.91 Å². The third kappa shape index (κ3) is 6.34. The largest absolute Gasteiger partial charge is 0.387 e. The second-order valence-electron chi connectivity index (χ2n) is 6.59. The summed E-state index contributed by atoms with van der Waals surface area (Å²) in [6.45, 7) is 9.19. The number of benzene rings is 1. The lowest BCUT2D eigenvalue weighted by Gasteiger charge is -2.20. The Morgan fingerprint density at radius 3 is 2.18 bits per heavy atom. The van der Waals surface area contributed by atoms with Crippen LogP contribution in [0.5, 0.6) is 0 Å². The van der Waals surface area contributed by atoms with Gasteiger partial charge in [-0.05, 0) is 23.6 Å². The molecule has 1 amide bonds. The van der Waals surface area contributed by atoms with E-state index in [0.717, 1.165) is 5.56 Å². The standard InChI is InChI=1S/C17H28N2O2.ClH/c1-12(10-18-5)16(21)19-11-15(20)13-6-8-14(9-7-13)17(2,3)4;/h6-9,12,15,18,20H,10-11H2,1-5H3,(H,19,21);1H. The van der Waals surface area contributed by atoms with Crippen molar-refractivity contribution in [2.75, 3.05) is 20.1 Å². The molecule has 4 nitrogen and oxygen atoms in total. The number of aliphatic hydroxyl groups excluding tert-OH is 1. The minimum Gasteiger partial charge on any atom is -0.387 e. The molecule has 2 unspecified atom stereocenters. The third-order valence-corrected chi connectivity index (χ3v) is 3.59. The predicted molar refractivity (Wildman–Crippen MR) is 93.5 cm³/mol. The zero-order chi connectivity index (χ0) is 16.0. The number of hydrogen-bond acceptors (Lipinski definition) is 3. The molecule has 0 heterocycles. The van der Waals surface area contributed by atoms with Gasteiger partial charge in [0, 0.05) is 19.0 Å². The van der Waals surface area contributed by atoms with Gasteiger partial charge in [0.25, 0.3) is 0 Å². The van der Waals surface area contributed by atoms with Crippen LogP contribution < -0.4 is 10.6 Å². The Balaban J connectivity index is 0.00000441. The molecule has 0 aliphatic carbocycles. The van der Waals surface area contributed by atoms with E-state index in [0.29, 0.717) is 6.54 Å². The minimum atomic E-state index is -0.676. The van der Waals surface area contributed by atoms with E-state index in [9.17, 15) is 9.90 Å². The summed E-state index contributed by atoms with van der Waals surface area (Å²) in [6, 6.07) is 7.91. The molecule has 5 heteroatoms. The second kappa shape index (κ2) is 9.13. The molecule has 0 bridgehead atoms. The molecule has 3 N–H and O–H groups in total. The lowest BCUT2D eigenvalue weighted by atomic mass is 9.86. The molecule has 0 aliphatic heterocycles. The van der Waals surface area contributed by atoms with Gasteiger partial charge in [0.15, 0.2) is 0 Å². The Kier molecular flexibility index (Phi) is 8.68. The number of carbonyl (C=O) groups is 1. The van der Waals surface area contributed by atoms with Crippen LogP contribution in [0, 0.1) is 5.92 Å². The second-order valence-corrected chi connectivity index (χ2v) is 6.59. The predicted octanol–water partition coefficient (Wildman–Crippen LogP) is 2.41. The topological polar surface area (TPSA) is 61.4 Å². The Morgan fingerprint density at radius 1 is 1.18 bits per heavy atom. The molecular formula is C17H29ClN2O2. The summed E-state index contributed by atoms with van der Waals surface area (Å²) in [5, 5.41) is 15.9. The lowest BCUT2D eigenvalue weighted by Crippen LogP contribution is -2.36. The highest BCUT2D eigenvalue weighted by Gasteiger charge is 2.16. The Labute approximate surface area is 140 Å². The van der Waals surface area contributed by atoms with Crippen LogP contribution >= 0.6 is 12.4 Å². The van der Waals surface area contributed by atoms with Crippen molar-refractivity contribution in [1.29, 1.82) is 0 Å². The number of rotatable bonds is 6. The van der Waals surface area contributed by atoms with E-state index < -0.39 is 6.10 Å². The van der Waals surface area contributed by atoms with E-state index in [1.165, 1.54) is 5.56 Å². The number of halogens is 1. The summed E-state index contributed by atoms with van der Waals surface area (Å²) in [4.78, 5) is 11.8. The van der Waals surface area contributed by atoms with Crippen molar-refractivity contribution < 1.29 is 9.90 Å². The summed E-state index contributed by atoms with van der Waals surface area (Å²) in [5.74, 6) is -0.153. The van der Waals surface area contributed by atoms with Gasteiger partial charge in [-0.15, -0.1) is 12.4 Å². The van der Waals surface area contributed by atoms with Crippen LogP contribution in [-0.4, -0.2) is 31.2 Å². The Hall–Kier alpha value is -1.10. The van der Waals surface area contributed by atoms with E-state index in [4.69, 9.17) is 0 Å². The highest BCUT2D eigenvalue weighted by molar-refractivity contribution is 5.85. The van der Waals surface area contributed by atoms with Gasteiger partial charge in [-0.3, -0.25) is 4.79 Å². The fourth-order valence-corrected chi connectivity index (χ4v) is 2.09. The molecule has 0 spiro atoms. The maximum absolute atomic E-state index is 11.8. The minimum absolute atomic E-state index is 0. The quantitative estimate of drug-likeness (QED) is 0.751. The maximum atomic E-state index is 11.8. The Morgan fingerprint density at radius 2 is 1.73 bits per heavy atom. The number of hydrogen-bond donors (Lipinski definition) is 3. The van der Waals surface area contributed by atoms with E-state index in [1.54, 1.807) is 0 Å². The molecule has 1 aromatic rings. The molecule has 2 atom stereocenters. The zero-order valence-corrected chi connectivity index (χ0v) is 15.0. The lowest BCUT2D eigenvalue weighted by molar-refractivity contribution is -0.124. The average Bonchev–Trinajstić information content (AvgIpc) is 2.43. The van der Waals surface area contributed by atoms with Crippen molar-refractivity contribution in [1.82, 2.24) is 10.6 Å². The van der Waals surface area contributed by atoms with Gasteiger partial charge in [0.1, 0.15) is 0 Å². The third-order valence-electron chi connectivity index (χ3n) is 3.59. The monoisotopic (exact) mass is 328 g/mol. The highest BCUT2D eigenvalue weighted by Crippen LogP contribution is 2.23. The first-order valence-corrected chi connectivity index (χ1v) is 7.46. The van der Waals surface area contributed by atoms with Crippen molar-refractivity contribution in [3.63, 3.8) is 0 Å². The van der Waals surface area contributed by atoms with Crippen molar-refractivity contribution in [2.24, 2.45) is 5.92 Å². The van der Waals surface area contributed by atoms with Crippen molar-refractivity contribution >= 4 is 18.3 Å². The van der Waals surface area contributed by atoms with Crippen LogP contribution in [0.3, 0.4) is 0 Å². The first-order valence-electron chi connectivity index (χ1n) is 7.46. The zero-order valence-electron chi connectivity index (χ0n) is 14.1. The van der Waals surface area contributed by atoms with Crippen LogP contribution in [0.15, 0.2) is 24.3 Å². The van der Waals surface area contributed by atoms with Gasteiger partial charge < -0.3 is 15.7 Å². The molecule has 0 aliphatic rings. The SMILES string of the molecule is CNCC(C)C(=O)NCC(O)c1ccc(C(C)(C)C)cc1.Cl. The van der Waals surface area contributed by atoms with Crippen molar-refractivity contribution in [3.05, 3.63) is 35.4 Å². The van der Waals surface area contributed by atoms with Crippen molar-refractivity contribution in [2.45, 2.75) is 39.2 Å².